The number of nitrogens with zero attached hydrogens (tertiary/aromatic N) is 3. The second-order valence-electron chi connectivity index (χ2n) is 12.6. The Morgan fingerprint density at radius 3 is 2.67 bits per heavy atom. The summed E-state index contributed by atoms with van der Waals surface area (Å²) in [4.78, 5) is 5.54. The van der Waals surface area contributed by atoms with Crippen molar-refractivity contribution >= 4 is 22.5 Å². The van der Waals surface area contributed by atoms with Crippen LogP contribution in [0.4, 0.5) is 11.4 Å². The second-order valence-corrected chi connectivity index (χ2v) is 12.6. The number of hydrogen-bond acceptors (Lipinski definition) is 4. The molecule has 4 nitrogen and oxygen atoms in total. The van der Waals surface area contributed by atoms with E-state index in [2.05, 4.69) is 126 Å². The third kappa shape index (κ3) is 4.43. The highest BCUT2D eigenvalue weighted by Gasteiger charge is 2.51. The zero-order valence-electron chi connectivity index (χ0n) is 24.7. The molecule has 0 aromatic heterocycles. The molecule has 7 rings (SSSR count). The van der Waals surface area contributed by atoms with Gasteiger partial charge in [0, 0.05) is 12.1 Å². The maximum atomic E-state index is 9.82. The van der Waals surface area contributed by atoms with E-state index in [1.54, 1.807) is 0 Å². The fourth-order valence-corrected chi connectivity index (χ4v) is 8.10. The summed E-state index contributed by atoms with van der Waals surface area (Å²) >= 11 is 0. The molecule has 0 bridgehead atoms. The summed E-state index contributed by atoms with van der Waals surface area (Å²) in [5, 5.41) is 13.2. The number of nitriles is 1. The summed E-state index contributed by atoms with van der Waals surface area (Å²) < 4.78 is 0. The summed E-state index contributed by atoms with van der Waals surface area (Å²) in [5.41, 5.74) is 8.40. The van der Waals surface area contributed by atoms with Gasteiger partial charge in [-0.1, -0.05) is 72.9 Å². The summed E-state index contributed by atoms with van der Waals surface area (Å²) in [7, 11) is 0. The molecule has 0 radical (unpaired) electrons. The lowest BCUT2D eigenvalue weighted by molar-refractivity contribution is 0.289. The summed E-state index contributed by atoms with van der Waals surface area (Å²) in [6.07, 6.45) is 26.8. The maximum Gasteiger partial charge on any atom is 0.0996 e. The van der Waals surface area contributed by atoms with Crippen LogP contribution in [0, 0.1) is 11.3 Å². The predicted octanol–water partition coefficient (Wildman–Crippen LogP) is 8.09. The molecule has 42 heavy (non-hydrogen) atoms. The summed E-state index contributed by atoms with van der Waals surface area (Å²) in [6, 6.07) is 21.6. The number of hydrogen-bond donors (Lipinski definition) is 1. The van der Waals surface area contributed by atoms with Gasteiger partial charge in [0.15, 0.2) is 0 Å². The van der Waals surface area contributed by atoms with Gasteiger partial charge in [-0.3, -0.25) is 0 Å². The van der Waals surface area contributed by atoms with Crippen molar-refractivity contribution in [1.82, 2.24) is 5.32 Å². The average molecular weight is 553 g/mol. The van der Waals surface area contributed by atoms with Gasteiger partial charge in [-0.15, -0.1) is 0 Å². The largest absolute Gasteiger partial charge is 0.384 e. The van der Waals surface area contributed by atoms with Crippen LogP contribution >= 0.6 is 0 Å². The molecule has 1 N–H and O–H groups in total. The smallest absolute Gasteiger partial charge is 0.0996 e. The minimum Gasteiger partial charge on any atom is -0.384 e. The molecule has 4 heteroatoms. The van der Waals surface area contributed by atoms with Crippen molar-refractivity contribution < 1.29 is 0 Å². The predicted molar refractivity (Wildman–Crippen MR) is 175 cm³/mol. The van der Waals surface area contributed by atoms with E-state index in [9.17, 15) is 5.26 Å². The Balaban J connectivity index is 1.25. The number of benzene rings is 2. The Labute approximate surface area is 250 Å². The van der Waals surface area contributed by atoms with E-state index in [1.165, 1.54) is 22.5 Å². The Morgan fingerprint density at radius 1 is 0.976 bits per heavy atom. The molecular weight excluding hydrogens is 512 g/mol. The highest BCUT2D eigenvalue weighted by Crippen LogP contribution is 2.51. The molecule has 0 spiro atoms. The van der Waals surface area contributed by atoms with Crippen molar-refractivity contribution in [3.8, 4) is 6.07 Å². The van der Waals surface area contributed by atoms with Gasteiger partial charge in [0.2, 0.25) is 0 Å². The normalized spacial score (nSPS) is 29.9. The SMILES string of the molecule is CC1NC=CC(C#N)=C1c1cccc(C2=CCCC(N3c4ccccc4N(C4C=CC=CC4)C4(C)CCC=CC34)C2)c1. The number of para-hydroxylation sites is 2. The number of fused-ring (bicyclic) bond motifs is 2. The lowest BCUT2D eigenvalue weighted by Crippen LogP contribution is -2.68. The van der Waals surface area contributed by atoms with E-state index in [1.807, 2.05) is 12.3 Å². The first-order chi connectivity index (χ1) is 20.6. The molecule has 5 atom stereocenters. The monoisotopic (exact) mass is 552 g/mol. The molecule has 2 aliphatic heterocycles. The molecule has 212 valence electrons. The summed E-state index contributed by atoms with van der Waals surface area (Å²) in [6.45, 7) is 4.64. The van der Waals surface area contributed by atoms with Crippen LogP contribution in [-0.4, -0.2) is 29.7 Å². The molecule has 0 fully saturated rings. The van der Waals surface area contributed by atoms with Crippen LogP contribution in [-0.2, 0) is 0 Å². The standard InChI is InChI=1S/C38H40N4/c1-27-37(31(26-39)21-23-40-27)30-14-10-12-28(24-30)29-13-11-17-33(25-29)41-34-18-6-7-19-35(34)42(32-15-4-3-5-16-32)38(2)22-9-8-20-36(38)41/h3-8,10,12-15,18-21,23-24,27,32-33,36,40H,9,11,16-17,22,25H2,1-2H3. The van der Waals surface area contributed by atoms with Crippen molar-refractivity contribution in [2.75, 3.05) is 9.80 Å². The van der Waals surface area contributed by atoms with E-state index in [0.29, 0.717) is 18.1 Å². The van der Waals surface area contributed by atoms with Gasteiger partial charge >= 0.3 is 0 Å². The zero-order valence-corrected chi connectivity index (χ0v) is 24.7. The molecule has 5 aliphatic rings. The second kappa shape index (κ2) is 10.9. The van der Waals surface area contributed by atoms with Crippen molar-refractivity contribution in [1.29, 1.82) is 5.26 Å². The molecule has 5 unspecified atom stereocenters. The Kier molecular flexibility index (Phi) is 6.90. The van der Waals surface area contributed by atoms with Gasteiger partial charge in [0.25, 0.3) is 0 Å². The average Bonchev–Trinajstić information content (AvgIpc) is 3.03. The van der Waals surface area contributed by atoms with E-state index in [0.717, 1.165) is 55.2 Å². The molecule has 0 saturated carbocycles. The molecule has 2 heterocycles. The molecule has 2 aromatic carbocycles. The van der Waals surface area contributed by atoms with Gasteiger partial charge < -0.3 is 15.1 Å². The lowest BCUT2D eigenvalue weighted by Gasteiger charge is -2.61. The number of anilines is 2. The first-order valence-electron chi connectivity index (χ1n) is 15.6. The zero-order chi connectivity index (χ0) is 28.7. The van der Waals surface area contributed by atoms with E-state index < -0.39 is 0 Å². The molecule has 0 saturated heterocycles. The number of dihydropyridines is 1. The fourth-order valence-electron chi connectivity index (χ4n) is 8.10. The number of allylic oxidation sites excluding steroid dienone is 6. The molecular formula is C38H40N4. The van der Waals surface area contributed by atoms with Crippen molar-refractivity contribution in [2.24, 2.45) is 0 Å². The topological polar surface area (TPSA) is 42.3 Å². The van der Waals surface area contributed by atoms with Crippen molar-refractivity contribution in [2.45, 2.75) is 82.1 Å². The van der Waals surface area contributed by atoms with Gasteiger partial charge in [-0.25, -0.2) is 0 Å². The first-order valence-corrected chi connectivity index (χ1v) is 15.6. The lowest BCUT2D eigenvalue weighted by atomic mass is 9.74. The number of rotatable bonds is 4. The third-order valence-corrected chi connectivity index (χ3v) is 10.1. The molecule has 3 aliphatic carbocycles. The Bertz CT molecular complexity index is 1600. The van der Waals surface area contributed by atoms with Crippen LogP contribution in [0.25, 0.3) is 11.1 Å². The van der Waals surface area contributed by atoms with Crippen LogP contribution < -0.4 is 15.1 Å². The Hall–Kier alpha value is -4.23. The van der Waals surface area contributed by atoms with Gasteiger partial charge in [0.1, 0.15) is 0 Å². The van der Waals surface area contributed by atoms with Crippen LogP contribution in [0.5, 0.6) is 0 Å². The van der Waals surface area contributed by atoms with E-state index in [4.69, 9.17) is 0 Å². The van der Waals surface area contributed by atoms with Crippen LogP contribution in [0.3, 0.4) is 0 Å². The molecule has 0 amide bonds. The number of nitrogens with one attached hydrogen (secondary N) is 1. The van der Waals surface area contributed by atoms with Crippen LogP contribution in [0.1, 0.15) is 63.5 Å². The highest BCUT2D eigenvalue weighted by molar-refractivity contribution is 5.82. The quantitative estimate of drug-likeness (QED) is 0.389. The highest BCUT2D eigenvalue weighted by atomic mass is 15.4. The van der Waals surface area contributed by atoms with Gasteiger partial charge in [-0.05, 0) is 105 Å². The van der Waals surface area contributed by atoms with Crippen LogP contribution in [0.15, 0.2) is 109 Å². The molecule has 2 aromatic rings. The van der Waals surface area contributed by atoms with Crippen molar-refractivity contribution in [3.05, 3.63) is 120 Å². The van der Waals surface area contributed by atoms with Crippen molar-refractivity contribution in [3.63, 3.8) is 0 Å². The maximum absolute atomic E-state index is 9.82. The summed E-state index contributed by atoms with van der Waals surface area (Å²) in [5.74, 6) is 0. The minimum absolute atomic E-state index is 0.0162. The van der Waals surface area contributed by atoms with E-state index in [-0.39, 0.29) is 11.6 Å². The van der Waals surface area contributed by atoms with E-state index >= 15 is 0 Å². The third-order valence-electron chi connectivity index (χ3n) is 10.1. The van der Waals surface area contributed by atoms with Crippen LogP contribution in [0.2, 0.25) is 0 Å². The minimum atomic E-state index is 0.0162. The fraction of sp³-hybridized carbons (Fsp3) is 0.342. The van der Waals surface area contributed by atoms with Gasteiger partial charge in [0.05, 0.1) is 40.6 Å². The first kappa shape index (κ1) is 26.7. The Morgan fingerprint density at radius 2 is 1.83 bits per heavy atom. The van der Waals surface area contributed by atoms with Gasteiger partial charge in [-0.2, -0.15) is 5.26 Å².